The molecule has 3 rings (SSSR count). The number of nitrogens with zero attached hydrogens (tertiary/aromatic N) is 2. The molecule has 1 unspecified atom stereocenters. The summed E-state index contributed by atoms with van der Waals surface area (Å²) in [6, 6.07) is 8.28. The van der Waals surface area contributed by atoms with E-state index >= 15 is 0 Å². The zero-order valence-corrected chi connectivity index (χ0v) is 19.9. The van der Waals surface area contributed by atoms with Crippen LogP contribution < -0.4 is 10.6 Å². The average molecular weight is 487 g/mol. The molecule has 1 saturated heterocycles. The smallest absolute Gasteiger partial charge is 0.249 e. The Hall–Kier alpha value is -2.38. The van der Waals surface area contributed by atoms with Gasteiger partial charge in [0.2, 0.25) is 5.91 Å². The lowest BCUT2D eigenvalue weighted by Crippen LogP contribution is -2.38. The molecule has 31 heavy (non-hydrogen) atoms. The maximum Gasteiger partial charge on any atom is 0.249 e. The summed E-state index contributed by atoms with van der Waals surface area (Å²) in [6.07, 6.45) is 7.15. The maximum absolute atomic E-state index is 12.0. The second-order valence-corrected chi connectivity index (χ2v) is 8.55. The van der Waals surface area contributed by atoms with Crippen molar-refractivity contribution < 1.29 is 9.53 Å². The monoisotopic (exact) mass is 486 g/mol. The highest BCUT2D eigenvalue weighted by Crippen LogP contribution is 2.26. The van der Waals surface area contributed by atoms with Crippen LogP contribution in [0.25, 0.3) is 5.70 Å². The molecule has 0 aliphatic carbocycles. The fourth-order valence-electron chi connectivity index (χ4n) is 3.62. The Bertz CT molecular complexity index is 901. The van der Waals surface area contributed by atoms with Crippen LogP contribution in [0.3, 0.4) is 0 Å². The first-order chi connectivity index (χ1) is 15.0. The van der Waals surface area contributed by atoms with E-state index in [9.17, 15) is 4.79 Å². The van der Waals surface area contributed by atoms with Gasteiger partial charge in [-0.25, -0.2) is 0 Å². The molecule has 0 bridgehead atoms. The first-order valence-electron chi connectivity index (χ1n) is 10.8. The van der Waals surface area contributed by atoms with Gasteiger partial charge in [0.25, 0.3) is 0 Å². The van der Waals surface area contributed by atoms with Crippen molar-refractivity contribution in [3.05, 3.63) is 64.4 Å². The van der Waals surface area contributed by atoms with Gasteiger partial charge in [-0.3, -0.25) is 9.79 Å². The number of halogens is 1. The third-order valence-corrected chi connectivity index (χ3v) is 6.13. The van der Waals surface area contributed by atoms with Gasteiger partial charge in [-0.05, 0) is 54.1 Å². The summed E-state index contributed by atoms with van der Waals surface area (Å²) in [5.41, 5.74) is 3.34. The number of amides is 1. The van der Waals surface area contributed by atoms with Crippen molar-refractivity contribution >= 4 is 33.4 Å². The number of benzene rings is 1. The van der Waals surface area contributed by atoms with Crippen LogP contribution in [-0.2, 0) is 9.53 Å². The molecule has 7 heteroatoms. The van der Waals surface area contributed by atoms with E-state index in [2.05, 4.69) is 58.3 Å². The van der Waals surface area contributed by atoms with Gasteiger partial charge in [0.15, 0.2) is 0 Å². The van der Waals surface area contributed by atoms with Crippen molar-refractivity contribution in [2.24, 2.45) is 4.99 Å². The number of likely N-dealkylation sites (N-methyl/N-ethyl adjacent to an activating group) is 1. The van der Waals surface area contributed by atoms with Crippen LogP contribution in [0.5, 0.6) is 0 Å². The molecule has 1 amide bonds. The van der Waals surface area contributed by atoms with E-state index in [1.807, 2.05) is 24.1 Å². The number of carbonyl (C=O) groups excluding carboxylic acids is 1. The molecule has 0 radical (unpaired) electrons. The SMILES string of the molecule is C=C/C(Br)=C1/NC(c2ccccc2C)=CC(=NCCCCNC(=O)C2CCCO2)N1C. The highest BCUT2D eigenvalue weighted by atomic mass is 79.9. The summed E-state index contributed by atoms with van der Waals surface area (Å²) in [7, 11) is 1.99. The van der Waals surface area contributed by atoms with E-state index in [4.69, 9.17) is 9.73 Å². The molecule has 1 aromatic rings. The second kappa shape index (κ2) is 11.3. The number of ether oxygens (including phenoxy) is 1. The van der Waals surface area contributed by atoms with Crippen molar-refractivity contribution in [3.8, 4) is 0 Å². The molecule has 1 atom stereocenters. The Morgan fingerprint density at radius 1 is 1.42 bits per heavy atom. The quantitative estimate of drug-likeness (QED) is 0.543. The van der Waals surface area contributed by atoms with Gasteiger partial charge in [-0.2, -0.15) is 0 Å². The summed E-state index contributed by atoms with van der Waals surface area (Å²) < 4.78 is 6.28. The number of unbranched alkanes of at least 4 members (excludes halogenated alkanes) is 1. The van der Waals surface area contributed by atoms with E-state index in [1.165, 1.54) is 5.56 Å². The van der Waals surface area contributed by atoms with Crippen LogP contribution in [0.4, 0.5) is 0 Å². The van der Waals surface area contributed by atoms with Gasteiger partial charge < -0.3 is 20.3 Å². The van der Waals surface area contributed by atoms with E-state index < -0.39 is 0 Å². The minimum atomic E-state index is -0.262. The van der Waals surface area contributed by atoms with Gasteiger partial charge in [0.05, 0.1) is 10.2 Å². The number of aryl methyl sites for hydroxylation is 1. The normalized spacial score (nSPS) is 21.5. The third-order valence-electron chi connectivity index (χ3n) is 5.43. The van der Waals surface area contributed by atoms with E-state index in [0.717, 1.165) is 53.1 Å². The summed E-state index contributed by atoms with van der Waals surface area (Å²) in [6.45, 7) is 8.00. The Morgan fingerprint density at radius 3 is 2.94 bits per heavy atom. The molecular weight excluding hydrogens is 456 g/mol. The summed E-state index contributed by atoms with van der Waals surface area (Å²) in [5.74, 6) is 1.80. The average Bonchev–Trinajstić information content (AvgIpc) is 3.32. The number of allylic oxidation sites excluding steroid dienone is 2. The standard InChI is InChI=1S/C24H31BrN4O2/c1-4-19(25)23-28-20(18-11-6-5-10-17(18)2)16-22(29(23)3)26-13-7-8-14-27-24(30)21-12-9-15-31-21/h4-6,10-11,16,21,28H,1,7-9,12-15H2,2-3H3,(H,27,30)/b23-19+,26-22?. The Kier molecular flexibility index (Phi) is 8.49. The molecule has 0 saturated carbocycles. The third kappa shape index (κ3) is 6.08. The number of rotatable bonds is 8. The first kappa shape index (κ1) is 23.3. The van der Waals surface area contributed by atoms with Gasteiger partial charge in [0.1, 0.15) is 17.8 Å². The minimum absolute atomic E-state index is 0.0109. The zero-order valence-electron chi connectivity index (χ0n) is 18.3. The van der Waals surface area contributed by atoms with Crippen LogP contribution in [0.1, 0.15) is 36.8 Å². The molecular formula is C24H31BrN4O2. The van der Waals surface area contributed by atoms with Crippen molar-refractivity contribution in [2.45, 2.75) is 38.7 Å². The van der Waals surface area contributed by atoms with Crippen LogP contribution in [0.2, 0.25) is 0 Å². The van der Waals surface area contributed by atoms with Gasteiger partial charge in [0, 0.05) is 38.4 Å². The van der Waals surface area contributed by atoms with Crippen LogP contribution >= 0.6 is 15.9 Å². The molecule has 0 spiro atoms. The highest BCUT2D eigenvalue weighted by molar-refractivity contribution is 9.11. The van der Waals surface area contributed by atoms with Crippen LogP contribution in [0.15, 0.2) is 58.3 Å². The molecule has 166 valence electrons. The Labute approximate surface area is 193 Å². The maximum atomic E-state index is 12.0. The fraction of sp³-hybridized carbons (Fsp3) is 0.417. The molecule has 2 aliphatic heterocycles. The molecule has 0 aromatic heterocycles. The predicted octanol–water partition coefficient (Wildman–Crippen LogP) is 4.09. The summed E-state index contributed by atoms with van der Waals surface area (Å²) in [5, 5.41) is 6.47. The fourth-order valence-corrected chi connectivity index (χ4v) is 3.98. The number of amidine groups is 1. The van der Waals surface area contributed by atoms with Gasteiger partial charge in [-0.15, -0.1) is 0 Å². The summed E-state index contributed by atoms with van der Waals surface area (Å²) >= 11 is 3.59. The van der Waals surface area contributed by atoms with Crippen molar-refractivity contribution in [1.29, 1.82) is 0 Å². The lowest BCUT2D eigenvalue weighted by Gasteiger charge is -2.31. The van der Waals surface area contributed by atoms with Crippen molar-refractivity contribution in [2.75, 3.05) is 26.7 Å². The molecule has 1 fully saturated rings. The van der Waals surface area contributed by atoms with Gasteiger partial charge >= 0.3 is 0 Å². The Balaban J connectivity index is 1.63. The molecule has 1 aromatic carbocycles. The molecule has 2 aliphatic rings. The van der Waals surface area contributed by atoms with Crippen LogP contribution in [-0.4, -0.2) is 49.5 Å². The first-order valence-corrected chi connectivity index (χ1v) is 11.5. The minimum Gasteiger partial charge on any atom is -0.368 e. The predicted molar refractivity (Wildman–Crippen MR) is 130 cm³/mol. The number of carbonyl (C=O) groups is 1. The number of aliphatic imine (C=N–C) groups is 1. The number of hydrogen-bond donors (Lipinski definition) is 2. The largest absolute Gasteiger partial charge is 0.368 e. The zero-order chi connectivity index (χ0) is 22.2. The number of nitrogens with one attached hydrogen (secondary N) is 2. The lowest BCUT2D eigenvalue weighted by atomic mass is 10.0. The molecule has 2 heterocycles. The van der Waals surface area contributed by atoms with Crippen molar-refractivity contribution in [3.63, 3.8) is 0 Å². The summed E-state index contributed by atoms with van der Waals surface area (Å²) in [4.78, 5) is 18.8. The molecule has 2 N–H and O–H groups in total. The van der Waals surface area contributed by atoms with Crippen molar-refractivity contribution in [1.82, 2.24) is 15.5 Å². The topological polar surface area (TPSA) is 66.0 Å². The Morgan fingerprint density at radius 2 is 2.23 bits per heavy atom. The highest BCUT2D eigenvalue weighted by Gasteiger charge is 2.23. The van der Waals surface area contributed by atoms with E-state index in [-0.39, 0.29) is 12.0 Å². The second-order valence-electron chi connectivity index (χ2n) is 7.70. The molecule has 6 nitrogen and oxygen atoms in total. The van der Waals surface area contributed by atoms with E-state index in [0.29, 0.717) is 19.7 Å². The lowest BCUT2D eigenvalue weighted by molar-refractivity contribution is -0.130. The van der Waals surface area contributed by atoms with Crippen LogP contribution in [0, 0.1) is 6.92 Å². The van der Waals surface area contributed by atoms with Gasteiger partial charge in [-0.1, -0.05) is 36.9 Å². The number of hydrogen-bond acceptors (Lipinski definition) is 4. The van der Waals surface area contributed by atoms with E-state index in [1.54, 1.807) is 6.08 Å².